The van der Waals surface area contributed by atoms with Gasteiger partial charge in [-0.1, -0.05) is 58.4 Å². The van der Waals surface area contributed by atoms with Crippen LogP contribution in [0, 0.1) is 5.92 Å². The van der Waals surface area contributed by atoms with Gasteiger partial charge in [-0.05, 0) is 65.4 Å². The van der Waals surface area contributed by atoms with E-state index in [1.807, 2.05) is 6.92 Å². The molecule has 0 radical (unpaired) electrons. The first-order valence-electron chi connectivity index (χ1n) is 10.1. The van der Waals surface area contributed by atoms with Crippen molar-refractivity contribution in [1.82, 2.24) is 0 Å². The minimum Gasteiger partial charge on any atom is -0.466 e. The molecule has 29 heavy (non-hydrogen) atoms. The summed E-state index contributed by atoms with van der Waals surface area (Å²) in [4.78, 5) is 12.9. The molecule has 0 aromatic heterocycles. The molecule has 146 valence electrons. The van der Waals surface area contributed by atoms with E-state index in [2.05, 4.69) is 81.9 Å². The van der Waals surface area contributed by atoms with Gasteiger partial charge in [0.1, 0.15) is 0 Å². The maximum atomic E-state index is 12.9. The topological polar surface area (TPSA) is 38.3 Å². The fraction of sp³-hybridized carbons (Fsp3) is 0.240. The number of anilines is 1. The lowest BCUT2D eigenvalue weighted by atomic mass is 9.83. The average molecular weight is 448 g/mol. The average Bonchev–Trinajstić information content (AvgIpc) is 3.19. The predicted molar refractivity (Wildman–Crippen MR) is 121 cm³/mol. The molecule has 0 saturated carbocycles. The van der Waals surface area contributed by atoms with Crippen molar-refractivity contribution in [1.29, 1.82) is 0 Å². The van der Waals surface area contributed by atoms with Gasteiger partial charge in [0.2, 0.25) is 0 Å². The van der Waals surface area contributed by atoms with E-state index < -0.39 is 0 Å². The molecule has 1 N–H and O–H groups in total. The second kappa shape index (κ2) is 7.34. The molecule has 3 nitrogen and oxygen atoms in total. The van der Waals surface area contributed by atoms with Gasteiger partial charge < -0.3 is 10.1 Å². The highest BCUT2D eigenvalue weighted by Crippen LogP contribution is 2.52. The van der Waals surface area contributed by atoms with E-state index >= 15 is 0 Å². The lowest BCUT2D eigenvalue weighted by Gasteiger charge is -2.32. The summed E-state index contributed by atoms with van der Waals surface area (Å²) in [6.45, 7) is 2.28. The molecular formula is C25H22BrNO2. The zero-order valence-electron chi connectivity index (χ0n) is 16.2. The van der Waals surface area contributed by atoms with Crippen LogP contribution in [0.25, 0.3) is 16.3 Å². The number of ether oxygens (including phenoxy) is 1. The van der Waals surface area contributed by atoms with Crippen molar-refractivity contribution in [3.05, 3.63) is 81.8 Å². The molecule has 5 rings (SSSR count). The van der Waals surface area contributed by atoms with Gasteiger partial charge in [-0.3, -0.25) is 4.79 Å². The summed E-state index contributed by atoms with van der Waals surface area (Å²) in [5, 5.41) is 6.14. The molecule has 3 aromatic carbocycles. The number of carbonyl (C=O) groups is 1. The Morgan fingerprint density at radius 2 is 1.90 bits per heavy atom. The molecule has 2 aliphatic rings. The first-order chi connectivity index (χ1) is 14.2. The quantitative estimate of drug-likeness (QED) is 0.465. The largest absolute Gasteiger partial charge is 0.466 e. The number of nitrogens with one attached hydrogen (secondary N) is 1. The fourth-order valence-electron chi connectivity index (χ4n) is 4.78. The van der Waals surface area contributed by atoms with E-state index in [1.165, 1.54) is 33.0 Å². The highest BCUT2D eigenvalue weighted by Gasteiger charge is 2.40. The Morgan fingerprint density at radius 3 is 2.69 bits per heavy atom. The summed E-state index contributed by atoms with van der Waals surface area (Å²) < 4.78 is 6.52. The molecule has 1 aliphatic carbocycles. The Morgan fingerprint density at radius 1 is 1.10 bits per heavy atom. The van der Waals surface area contributed by atoms with Crippen LogP contribution < -0.4 is 5.32 Å². The minimum absolute atomic E-state index is 0.0752. The third-order valence-corrected chi connectivity index (χ3v) is 6.55. The van der Waals surface area contributed by atoms with Gasteiger partial charge in [-0.25, -0.2) is 0 Å². The molecule has 3 aromatic rings. The highest BCUT2D eigenvalue weighted by molar-refractivity contribution is 9.10. The molecule has 0 unspecified atom stereocenters. The van der Waals surface area contributed by atoms with E-state index in [-0.39, 0.29) is 17.9 Å². The summed E-state index contributed by atoms with van der Waals surface area (Å²) in [5.41, 5.74) is 5.95. The van der Waals surface area contributed by atoms with Crippen molar-refractivity contribution < 1.29 is 9.53 Å². The highest BCUT2D eigenvalue weighted by atomic mass is 79.9. The first-order valence-corrected chi connectivity index (χ1v) is 10.9. The van der Waals surface area contributed by atoms with Crippen LogP contribution in [0.15, 0.2) is 70.7 Å². The Kier molecular flexibility index (Phi) is 4.67. The van der Waals surface area contributed by atoms with Crippen molar-refractivity contribution >= 4 is 43.9 Å². The summed E-state index contributed by atoms with van der Waals surface area (Å²) in [6.07, 6.45) is 1.70. The molecule has 1 heterocycles. The Bertz CT molecular complexity index is 1130. The van der Waals surface area contributed by atoms with E-state index in [0.29, 0.717) is 6.61 Å². The van der Waals surface area contributed by atoms with Crippen LogP contribution in [0.2, 0.25) is 0 Å². The van der Waals surface area contributed by atoms with Gasteiger partial charge in [0, 0.05) is 15.7 Å². The number of hydrogen-bond acceptors (Lipinski definition) is 3. The van der Waals surface area contributed by atoms with Crippen molar-refractivity contribution in [3.8, 4) is 0 Å². The number of benzene rings is 3. The van der Waals surface area contributed by atoms with Gasteiger partial charge >= 0.3 is 5.97 Å². The summed E-state index contributed by atoms with van der Waals surface area (Å²) in [7, 11) is 0. The Balaban J connectivity index is 1.73. The summed E-state index contributed by atoms with van der Waals surface area (Å²) in [5.74, 6) is -0.303. The van der Waals surface area contributed by atoms with Crippen LogP contribution in [0.1, 0.15) is 36.9 Å². The number of fused-ring (bicyclic) bond motifs is 4. The van der Waals surface area contributed by atoms with Gasteiger partial charge in [0.05, 0.1) is 18.6 Å². The molecule has 0 bridgehead atoms. The first kappa shape index (κ1) is 18.4. The zero-order valence-corrected chi connectivity index (χ0v) is 17.8. The number of hydrogen-bond donors (Lipinski definition) is 1. The number of rotatable bonds is 3. The van der Waals surface area contributed by atoms with Crippen LogP contribution in [-0.2, 0) is 9.53 Å². The van der Waals surface area contributed by atoms with E-state index in [1.54, 1.807) is 0 Å². The number of esters is 1. The minimum atomic E-state index is -0.199. The van der Waals surface area contributed by atoms with Gasteiger partial charge in [-0.2, -0.15) is 0 Å². The zero-order chi connectivity index (χ0) is 20.0. The molecular weight excluding hydrogens is 426 g/mol. The summed E-state index contributed by atoms with van der Waals surface area (Å²) in [6, 6.07) is 21.2. The predicted octanol–water partition coefficient (Wildman–Crippen LogP) is 6.50. The van der Waals surface area contributed by atoms with Crippen LogP contribution in [0.4, 0.5) is 5.69 Å². The third-order valence-electron chi connectivity index (χ3n) is 6.02. The van der Waals surface area contributed by atoms with Crippen LogP contribution in [-0.4, -0.2) is 12.6 Å². The van der Waals surface area contributed by atoms with Crippen molar-refractivity contribution in [2.75, 3.05) is 11.9 Å². The second-order valence-electron chi connectivity index (χ2n) is 7.62. The van der Waals surface area contributed by atoms with Crippen molar-refractivity contribution in [2.45, 2.75) is 25.8 Å². The molecule has 2 atom stereocenters. The maximum absolute atomic E-state index is 12.9. The Hall–Kier alpha value is -2.59. The SMILES string of the molecule is CCOC(=O)[C@H]1CCC2=C1c1c(ccc3ccccc13)N[C@@H]2c1ccc(Br)cc1. The molecule has 0 spiro atoms. The van der Waals surface area contributed by atoms with Crippen molar-refractivity contribution in [2.24, 2.45) is 5.92 Å². The van der Waals surface area contributed by atoms with E-state index in [4.69, 9.17) is 4.74 Å². The van der Waals surface area contributed by atoms with Gasteiger partial charge in [0.15, 0.2) is 0 Å². The van der Waals surface area contributed by atoms with Crippen LogP contribution in [0.3, 0.4) is 0 Å². The molecule has 0 fully saturated rings. The van der Waals surface area contributed by atoms with Gasteiger partial charge in [0.25, 0.3) is 0 Å². The lowest BCUT2D eigenvalue weighted by molar-refractivity contribution is -0.145. The molecule has 4 heteroatoms. The van der Waals surface area contributed by atoms with E-state index in [0.717, 1.165) is 23.0 Å². The van der Waals surface area contributed by atoms with E-state index in [9.17, 15) is 4.79 Å². The second-order valence-corrected chi connectivity index (χ2v) is 8.54. The molecule has 1 aliphatic heterocycles. The number of carbonyl (C=O) groups excluding carboxylic acids is 1. The fourth-order valence-corrected chi connectivity index (χ4v) is 5.04. The third kappa shape index (κ3) is 3.06. The van der Waals surface area contributed by atoms with Gasteiger partial charge in [-0.15, -0.1) is 0 Å². The maximum Gasteiger partial charge on any atom is 0.313 e. The lowest BCUT2D eigenvalue weighted by Crippen LogP contribution is -2.22. The standard InChI is InChI=1S/C25H22BrNO2/c1-2-29-25(28)20-13-12-19-22(20)23-18-6-4-3-5-15(18)9-14-21(23)27-24(19)16-7-10-17(26)11-8-16/h3-11,14,20,24,27H,2,12-13H2,1H3/t20-,24+/m0/s1. The molecule has 0 saturated heterocycles. The monoisotopic (exact) mass is 447 g/mol. The summed E-state index contributed by atoms with van der Waals surface area (Å²) >= 11 is 3.53. The smallest absolute Gasteiger partial charge is 0.313 e. The number of halogens is 1. The normalized spacial score (nSPS) is 20.2. The molecule has 0 amide bonds. The van der Waals surface area contributed by atoms with Crippen LogP contribution >= 0.6 is 15.9 Å². The van der Waals surface area contributed by atoms with Crippen molar-refractivity contribution in [3.63, 3.8) is 0 Å². The van der Waals surface area contributed by atoms with Crippen LogP contribution in [0.5, 0.6) is 0 Å². The Labute approximate surface area is 178 Å².